The Morgan fingerprint density at radius 3 is 2.35 bits per heavy atom. The lowest BCUT2D eigenvalue weighted by Gasteiger charge is -2.14. The second kappa shape index (κ2) is 9.16. The molecule has 0 spiro atoms. The smallest absolute Gasteiger partial charge is 0.334 e. The Bertz CT molecular complexity index is 1480. The van der Waals surface area contributed by atoms with Crippen LogP contribution >= 0.6 is 0 Å². The lowest BCUT2D eigenvalue weighted by Crippen LogP contribution is -2.30. The summed E-state index contributed by atoms with van der Waals surface area (Å²) in [6, 6.07) is 18.4. The van der Waals surface area contributed by atoms with Gasteiger partial charge in [-0.05, 0) is 30.3 Å². The van der Waals surface area contributed by atoms with Crippen LogP contribution in [0.2, 0.25) is 0 Å². The molecule has 34 heavy (non-hydrogen) atoms. The van der Waals surface area contributed by atoms with E-state index in [1.165, 1.54) is 10.6 Å². The number of nitro groups is 2. The zero-order chi connectivity index (χ0) is 24.2. The van der Waals surface area contributed by atoms with E-state index in [-0.39, 0.29) is 18.1 Å². The molecular formula is C22H16N6O6. The van der Waals surface area contributed by atoms with Gasteiger partial charge in [0.25, 0.3) is 11.4 Å². The molecule has 0 aliphatic rings. The predicted octanol–water partition coefficient (Wildman–Crippen LogP) is 3.60. The first-order chi connectivity index (χ1) is 16.3. The summed E-state index contributed by atoms with van der Waals surface area (Å²) >= 11 is 0. The highest BCUT2D eigenvalue weighted by Crippen LogP contribution is 2.32. The SMILES string of the molecule is O=C(Cn1c(=O)nc(Nc2ccc([N+](=O)[O-])cc2[N+](=O)[O-])c2ccccc21)Nc1ccccc1. The molecule has 0 aliphatic heterocycles. The number of carbonyl (C=O) groups is 1. The van der Waals surface area contributed by atoms with E-state index in [1.807, 2.05) is 0 Å². The Balaban J connectivity index is 1.72. The van der Waals surface area contributed by atoms with Gasteiger partial charge in [-0.15, -0.1) is 0 Å². The van der Waals surface area contributed by atoms with Crippen molar-refractivity contribution < 1.29 is 14.6 Å². The van der Waals surface area contributed by atoms with Crippen molar-refractivity contribution in [3.05, 3.63) is 104 Å². The molecule has 3 aromatic carbocycles. The number of hydrogen-bond acceptors (Lipinski definition) is 8. The third-order valence-electron chi connectivity index (χ3n) is 4.89. The van der Waals surface area contributed by atoms with Crippen molar-refractivity contribution in [1.82, 2.24) is 9.55 Å². The molecule has 1 amide bonds. The average molecular weight is 460 g/mol. The number of nitro benzene ring substituents is 2. The first-order valence-corrected chi connectivity index (χ1v) is 9.88. The molecule has 0 aliphatic carbocycles. The fourth-order valence-electron chi connectivity index (χ4n) is 3.36. The van der Waals surface area contributed by atoms with E-state index >= 15 is 0 Å². The topological polar surface area (TPSA) is 162 Å². The molecular weight excluding hydrogens is 444 g/mol. The lowest BCUT2D eigenvalue weighted by molar-refractivity contribution is -0.393. The summed E-state index contributed by atoms with van der Waals surface area (Å²) in [6.07, 6.45) is 0. The van der Waals surface area contributed by atoms with Crippen molar-refractivity contribution in [2.45, 2.75) is 6.54 Å². The van der Waals surface area contributed by atoms with Crippen molar-refractivity contribution in [2.24, 2.45) is 0 Å². The number of anilines is 3. The van der Waals surface area contributed by atoms with Gasteiger partial charge in [0.05, 0.1) is 21.4 Å². The Kier molecular flexibility index (Phi) is 5.95. The number of carbonyl (C=O) groups excluding carboxylic acids is 1. The predicted molar refractivity (Wildman–Crippen MR) is 124 cm³/mol. The van der Waals surface area contributed by atoms with Crippen molar-refractivity contribution >= 4 is 45.4 Å². The van der Waals surface area contributed by atoms with E-state index in [0.717, 1.165) is 12.1 Å². The number of fused-ring (bicyclic) bond motifs is 1. The van der Waals surface area contributed by atoms with Gasteiger partial charge in [-0.1, -0.05) is 30.3 Å². The number of hydrogen-bond donors (Lipinski definition) is 2. The van der Waals surface area contributed by atoms with E-state index in [0.29, 0.717) is 16.6 Å². The Hall–Kier alpha value is -5.13. The molecule has 12 heteroatoms. The fraction of sp³-hybridized carbons (Fsp3) is 0.0455. The number of benzene rings is 3. The molecule has 0 unspecified atom stereocenters. The molecule has 170 valence electrons. The number of aromatic nitrogens is 2. The molecule has 1 heterocycles. The summed E-state index contributed by atoms with van der Waals surface area (Å²) in [7, 11) is 0. The van der Waals surface area contributed by atoms with Crippen LogP contribution in [0.25, 0.3) is 10.9 Å². The third kappa shape index (κ3) is 4.55. The molecule has 4 rings (SSSR count). The number of nitrogens with zero attached hydrogens (tertiary/aromatic N) is 4. The quantitative estimate of drug-likeness (QED) is 0.312. The molecule has 0 atom stereocenters. The molecule has 0 saturated carbocycles. The van der Waals surface area contributed by atoms with Crippen LogP contribution in [0.3, 0.4) is 0 Å². The van der Waals surface area contributed by atoms with Crippen LogP contribution < -0.4 is 16.3 Å². The van der Waals surface area contributed by atoms with Crippen molar-refractivity contribution in [3.8, 4) is 0 Å². The van der Waals surface area contributed by atoms with Gasteiger partial charge < -0.3 is 10.6 Å². The van der Waals surface area contributed by atoms with E-state index in [2.05, 4.69) is 15.6 Å². The standard InChI is InChI=1S/C22H16N6O6/c29-20(23-14-6-2-1-3-7-14)13-26-18-9-5-4-8-16(18)21(25-22(26)30)24-17-11-10-15(27(31)32)12-19(17)28(33)34/h1-12H,13H2,(H,23,29)(H,24,25,30). The maximum Gasteiger partial charge on any atom is 0.350 e. The van der Waals surface area contributed by atoms with Crippen LogP contribution in [-0.4, -0.2) is 25.3 Å². The maximum atomic E-state index is 12.8. The highest BCUT2D eigenvalue weighted by atomic mass is 16.6. The molecule has 0 fully saturated rings. The van der Waals surface area contributed by atoms with Gasteiger partial charge in [-0.2, -0.15) is 4.98 Å². The Labute approximate surface area is 190 Å². The van der Waals surface area contributed by atoms with Gasteiger partial charge >= 0.3 is 5.69 Å². The van der Waals surface area contributed by atoms with Crippen molar-refractivity contribution in [1.29, 1.82) is 0 Å². The lowest BCUT2D eigenvalue weighted by atomic mass is 10.2. The number of nitrogens with one attached hydrogen (secondary N) is 2. The summed E-state index contributed by atoms with van der Waals surface area (Å²) in [6.45, 7) is -0.306. The average Bonchev–Trinajstić information content (AvgIpc) is 2.82. The fourth-order valence-corrected chi connectivity index (χ4v) is 3.36. The van der Waals surface area contributed by atoms with Crippen molar-refractivity contribution in [2.75, 3.05) is 10.6 Å². The Morgan fingerprint density at radius 1 is 0.941 bits per heavy atom. The van der Waals surface area contributed by atoms with E-state index in [4.69, 9.17) is 0 Å². The molecule has 0 saturated heterocycles. The zero-order valence-corrected chi connectivity index (χ0v) is 17.4. The van der Waals surface area contributed by atoms with E-state index in [1.54, 1.807) is 54.6 Å². The minimum atomic E-state index is -0.771. The molecule has 4 aromatic rings. The Morgan fingerprint density at radius 2 is 1.65 bits per heavy atom. The second-order valence-electron chi connectivity index (χ2n) is 7.10. The highest BCUT2D eigenvalue weighted by Gasteiger charge is 2.21. The van der Waals surface area contributed by atoms with E-state index < -0.39 is 32.8 Å². The summed E-state index contributed by atoms with van der Waals surface area (Å²) in [5.41, 5.74) is -0.887. The van der Waals surface area contributed by atoms with Gasteiger partial charge in [0.1, 0.15) is 18.1 Å². The first-order valence-electron chi connectivity index (χ1n) is 9.88. The molecule has 1 aromatic heterocycles. The van der Waals surface area contributed by atoms with Crippen LogP contribution in [0.5, 0.6) is 0 Å². The summed E-state index contributed by atoms with van der Waals surface area (Å²) in [4.78, 5) is 50.2. The van der Waals surface area contributed by atoms with Crippen molar-refractivity contribution in [3.63, 3.8) is 0 Å². The molecule has 12 nitrogen and oxygen atoms in total. The van der Waals surface area contributed by atoms with Gasteiger partial charge in [0.15, 0.2) is 0 Å². The van der Waals surface area contributed by atoms with Gasteiger partial charge in [-0.3, -0.25) is 29.6 Å². The van der Waals surface area contributed by atoms with Gasteiger partial charge in [-0.25, -0.2) is 4.79 Å². The largest absolute Gasteiger partial charge is 0.350 e. The third-order valence-corrected chi connectivity index (χ3v) is 4.89. The first kappa shape index (κ1) is 22.1. The van der Waals surface area contributed by atoms with E-state index in [9.17, 15) is 29.8 Å². The monoisotopic (exact) mass is 460 g/mol. The minimum absolute atomic E-state index is 0.0114. The second-order valence-corrected chi connectivity index (χ2v) is 7.10. The van der Waals surface area contributed by atoms with Gasteiger partial charge in [0.2, 0.25) is 5.91 Å². The van der Waals surface area contributed by atoms with Gasteiger partial charge in [0, 0.05) is 17.1 Å². The maximum absolute atomic E-state index is 12.8. The van der Waals surface area contributed by atoms with Crippen LogP contribution in [0, 0.1) is 20.2 Å². The summed E-state index contributed by atoms with van der Waals surface area (Å²) in [5, 5.41) is 28.3. The van der Waals surface area contributed by atoms with Crippen LogP contribution in [0.15, 0.2) is 77.6 Å². The van der Waals surface area contributed by atoms with Crippen LogP contribution in [-0.2, 0) is 11.3 Å². The summed E-state index contributed by atoms with van der Waals surface area (Å²) < 4.78 is 1.18. The number of para-hydroxylation sites is 2. The van der Waals surface area contributed by atoms with Crippen LogP contribution in [0.4, 0.5) is 28.6 Å². The number of amides is 1. The highest BCUT2D eigenvalue weighted by molar-refractivity contribution is 5.94. The molecule has 0 radical (unpaired) electrons. The summed E-state index contributed by atoms with van der Waals surface area (Å²) in [5.74, 6) is -0.427. The number of non-ortho nitro benzene ring substituents is 1. The number of rotatable bonds is 7. The normalized spacial score (nSPS) is 10.6. The molecule has 0 bridgehead atoms. The molecule has 2 N–H and O–H groups in total. The van der Waals surface area contributed by atoms with Crippen LogP contribution in [0.1, 0.15) is 0 Å². The zero-order valence-electron chi connectivity index (χ0n) is 17.4. The minimum Gasteiger partial charge on any atom is -0.334 e.